The van der Waals surface area contributed by atoms with Crippen LogP contribution in [0.25, 0.3) is 16.9 Å². The second-order valence-electron chi connectivity index (χ2n) is 9.46. The molecule has 0 aliphatic carbocycles. The summed E-state index contributed by atoms with van der Waals surface area (Å²) in [5.74, 6) is 1.19. The van der Waals surface area contributed by atoms with Gasteiger partial charge in [0.25, 0.3) is 5.95 Å². The molecule has 184 valence electrons. The lowest BCUT2D eigenvalue weighted by molar-refractivity contribution is 0.146. The molecule has 0 radical (unpaired) electrons. The third kappa shape index (κ3) is 4.60. The predicted octanol–water partition coefficient (Wildman–Crippen LogP) is 2.96. The monoisotopic (exact) mass is 490 g/mol. The molecule has 0 spiro atoms. The van der Waals surface area contributed by atoms with Gasteiger partial charge in [0, 0.05) is 30.9 Å². The Hall–Kier alpha value is -2.37. The van der Waals surface area contributed by atoms with E-state index in [0.29, 0.717) is 36.8 Å². The van der Waals surface area contributed by atoms with E-state index >= 15 is 0 Å². The standard InChI is InChI=1S/C23H31FN6O3S/c1-3-20-18-5-4-6-19(24)21(18)30(26-20)23-25-22(33-27-23)17-9-11-28(12-10-17)15-16-7-13-29(14-8-16)34(2,31)32/h4-6,16-17H,3,7-15H2,1-2H3. The minimum Gasteiger partial charge on any atom is -0.337 e. The Morgan fingerprint density at radius 2 is 1.85 bits per heavy atom. The SMILES string of the molecule is CCc1nn(-c2noc(C3CCN(CC4CCN(S(C)(=O)=O)CC4)CC3)n2)c2c(F)cccc12. The topological polar surface area (TPSA) is 97.4 Å². The van der Waals surface area contributed by atoms with Crippen LogP contribution < -0.4 is 0 Å². The second kappa shape index (κ2) is 9.35. The summed E-state index contributed by atoms with van der Waals surface area (Å²) >= 11 is 0. The summed E-state index contributed by atoms with van der Waals surface area (Å²) in [6.07, 6.45) is 5.62. The van der Waals surface area contributed by atoms with Crippen molar-refractivity contribution in [2.24, 2.45) is 5.92 Å². The Labute approximate surface area is 199 Å². The predicted molar refractivity (Wildman–Crippen MR) is 126 cm³/mol. The molecule has 2 saturated heterocycles. The van der Waals surface area contributed by atoms with Gasteiger partial charge in [0.15, 0.2) is 0 Å². The molecule has 4 heterocycles. The number of nitrogens with zero attached hydrogens (tertiary/aromatic N) is 6. The van der Waals surface area contributed by atoms with Crippen molar-refractivity contribution < 1.29 is 17.3 Å². The van der Waals surface area contributed by atoms with Crippen LogP contribution in [0.3, 0.4) is 0 Å². The third-order valence-electron chi connectivity index (χ3n) is 7.18. The average Bonchev–Trinajstić information content (AvgIpc) is 3.45. The van der Waals surface area contributed by atoms with Crippen LogP contribution in [0.15, 0.2) is 22.7 Å². The minimum atomic E-state index is -3.08. The third-order valence-corrected chi connectivity index (χ3v) is 8.48. The number of likely N-dealkylation sites (tertiary alicyclic amines) is 1. The van der Waals surface area contributed by atoms with Gasteiger partial charge in [-0.15, -0.1) is 0 Å². The highest BCUT2D eigenvalue weighted by atomic mass is 32.2. The summed E-state index contributed by atoms with van der Waals surface area (Å²) in [5, 5.41) is 9.43. The first kappa shape index (κ1) is 23.4. The quantitative estimate of drug-likeness (QED) is 0.524. The number of rotatable bonds is 6. The molecule has 0 unspecified atom stereocenters. The van der Waals surface area contributed by atoms with Crippen molar-refractivity contribution in [3.8, 4) is 5.95 Å². The van der Waals surface area contributed by atoms with Gasteiger partial charge >= 0.3 is 0 Å². The van der Waals surface area contributed by atoms with Crippen molar-refractivity contribution in [1.29, 1.82) is 0 Å². The largest absolute Gasteiger partial charge is 0.337 e. The Kier molecular flexibility index (Phi) is 6.43. The summed E-state index contributed by atoms with van der Waals surface area (Å²) in [6, 6.07) is 4.97. The molecule has 0 amide bonds. The van der Waals surface area contributed by atoms with Crippen molar-refractivity contribution in [3.05, 3.63) is 35.6 Å². The van der Waals surface area contributed by atoms with Crippen molar-refractivity contribution in [1.82, 2.24) is 29.1 Å². The van der Waals surface area contributed by atoms with Crippen LogP contribution in [0.5, 0.6) is 0 Å². The van der Waals surface area contributed by atoms with E-state index in [2.05, 4.69) is 20.1 Å². The number of aromatic nitrogens is 4. The number of piperidine rings is 2. The van der Waals surface area contributed by atoms with Crippen molar-refractivity contribution in [3.63, 3.8) is 0 Å². The molecular weight excluding hydrogens is 459 g/mol. The number of para-hydroxylation sites is 1. The van der Waals surface area contributed by atoms with Crippen LogP contribution in [-0.4, -0.2) is 76.5 Å². The smallest absolute Gasteiger partial charge is 0.291 e. The van der Waals surface area contributed by atoms with Crippen LogP contribution in [0, 0.1) is 11.7 Å². The second-order valence-corrected chi connectivity index (χ2v) is 11.4. The van der Waals surface area contributed by atoms with Gasteiger partial charge in [-0.1, -0.05) is 19.1 Å². The van der Waals surface area contributed by atoms with Crippen LogP contribution in [0.4, 0.5) is 4.39 Å². The maximum Gasteiger partial charge on any atom is 0.291 e. The van der Waals surface area contributed by atoms with E-state index in [4.69, 9.17) is 4.52 Å². The molecule has 2 aliphatic heterocycles. The number of hydrogen-bond acceptors (Lipinski definition) is 7. The van der Waals surface area contributed by atoms with Gasteiger partial charge in [-0.25, -0.2) is 17.1 Å². The lowest BCUT2D eigenvalue weighted by Gasteiger charge is -2.36. The van der Waals surface area contributed by atoms with Gasteiger partial charge in [0.05, 0.1) is 11.9 Å². The first-order chi connectivity index (χ1) is 16.3. The van der Waals surface area contributed by atoms with E-state index in [1.54, 1.807) is 10.4 Å². The fraction of sp³-hybridized carbons (Fsp3) is 0.609. The van der Waals surface area contributed by atoms with Gasteiger partial charge in [-0.05, 0) is 62.3 Å². The van der Waals surface area contributed by atoms with Gasteiger partial charge in [0.2, 0.25) is 15.9 Å². The van der Waals surface area contributed by atoms with Crippen molar-refractivity contribution >= 4 is 20.9 Å². The van der Waals surface area contributed by atoms with E-state index in [9.17, 15) is 12.8 Å². The zero-order valence-corrected chi connectivity index (χ0v) is 20.5. The van der Waals surface area contributed by atoms with Gasteiger partial charge in [-0.3, -0.25) is 0 Å². The number of sulfonamides is 1. The molecule has 9 nitrogen and oxygen atoms in total. The highest BCUT2D eigenvalue weighted by molar-refractivity contribution is 7.88. The zero-order valence-electron chi connectivity index (χ0n) is 19.7. The average molecular weight is 491 g/mol. The van der Waals surface area contributed by atoms with Crippen molar-refractivity contribution in [2.45, 2.75) is 44.9 Å². The Balaban J connectivity index is 1.21. The molecule has 3 aromatic rings. The van der Waals surface area contributed by atoms with E-state index in [1.165, 1.54) is 17.0 Å². The maximum absolute atomic E-state index is 14.6. The number of aryl methyl sites for hydroxylation is 1. The Morgan fingerprint density at radius 1 is 1.12 bits per heavy atom. The molecule has 0 saturated carbocycles. The van der Waals surface area contributed by atoms with E-state index in [1.807, 2.05) is 13.0 Å². The molecule has 5 rings (SSSR count). The molecule has 11 heteroatoms. The van der Waals surface area contributed by atoms with Gasteiger partial charge < -0.3 is 9.42 Å². The van der Waals surface area contributed by atoms with Crippen LogP contribution in [-0.2, 0) is 16.4 Å². The Morgan fingerprint density at radius 3 is 2.53 bits per heavy atom. The fourth-order valence-electron chi connectivity index (χ4n) is 5.22. The number of halogens is 1. The Bertz CT molecular complexity index is 1260. The minimum absolute atomic E-state index is 0.168. The van der Waals surface area contributed by atoms with Crippen LogP contribution >= 0.6 is 0 Å². The van der Waals surface area contributed by atoms with Gasteiger partial charge in [-0.2, -0.15) is 14.8 Å². The van der Waals surface area contributed by atoms with E-state index in [0.717, 1.165) is 56.4 Å². The fourth-order valence-corrected chi connectivity index (χ4v) is 6.10. The number of fused-ring (bicyclic) bond motifs is 1. The first-order valence-corrected chi connectivity index (χ1v) is 13.9. The lowest BCUT2D eigenvalue weighted by Crippen LogP contribution is -2.42. The molecule has 2 aliphatic rings. The van der Waals surface area contributed by atoms with Crippen LogP contribution in [0.1, 0.15) is 50.1 Å². The molecule has 2 aromatic heterocycles. The molecule has 0 atom stereocenters. The molecule has 2 fully saturated rings. The van der Waals surface area contributed by atoms with E-state index in [-0.39, 0.29) is 17.7 Å². The van der Waals surface area contributed by atoms with Crippen LogP contribution in [0.2, 0.25) is 0 Å². The summed E-state index contributed by atoms with van der Waals surface area (Å²) in [7, 11) is -3.08. The highest BCUT2D eigenvalue weighted by Gasteiger charge is 2.30. The first-order valence-electron chi connectivity index (χ1n) is 12.0. The highest BCUT2D eigenvalue weighted by Crippen LogP contribution is 2.30. The lowest BCUT2D eigenvalue weighted by atomic mass is 9.93. The molecule has 34 heavy (non-hydrogen) atoms. The number of hydrogen-bond donors (Lipinski definition) is 0. The summed E-state index contributed by atoms with van der Waals surface area (Å²) < 4.78 is 46.6. The van der Waals surface area contributed by atoms with Gasteiger partial charge in [0.1, 0.15) is 11.3 Å². The summed E-state index contributed by atoms with van der Waals surface area (Å²) in [6.45, 7) is 6.10. The normalized spacial score (nSPS) is 19.9. The number of benzene rings is 1. The summed E-state index contributed by atoms with van der Waals surface area (Å²) in [4.78, 5) is 7.05. The van der Waals surface area contributed by atoms with Crippen molar-refractivity contribution in [2.75, 3.05) is 39.0 Å². The molecular formula is C23H31FN6O3S. The maximum atomic E-state index is 14.6. The molecule has 0 N–H and O–H groups in total. The molecule has 0 bridgehead atoms. The van der Waals surface area contributed by atoms with E-state index < -0.39 is 10.0 Å². The molecule has 1 aromatic carbocycles. The summed E-state index contributed by atoms with van der Waals surface area (Å²) in [5.41, 5.74) is 1.18. The zero-order chi connectivity index (χ0) is 23.9.